The number of hydrogen-bond acceptors (Lipinski definition) is 3. The van der Waals surface area contributed by atoms with E-state index in [1.807, 2.05) is 12.1 Å². The summed E-state index contributed by atoms with van der Waals surface area (Å²) in [4.78, 5) is 7.20. The lowest BCUT2D eigenvalue weighted by Crippen LogP contribution is -2.42. The maximum atomic E-state index is 5.20. The summed E-state index contributed by atoms with van der Waals surface area (Å²) in [5.74, 6) is 1.74. The van der Waals surface area contributed by atoms with Gasteiger partial charge in [-0.25, -0.2) is 4.99 Å². The van der Waals surface area contributed by atoms with Gasteiger partial charge in [-0.1, -0.05) is 36.4 Å². The largest absolute Gasteiger partial charge is 0.497 e. The summed E-state index contributed by atoms with van der Waals surface area (Å²) in [7, 11) is 1.68. The van der Waals surface area contributed by atoms with Crippen LogP contribution in [0.1, 0.15) is 23.6 Å². The Morgan fingerprint density at radius 3 is 2.59 bits per heavy atom. The minimum absolute atomic E-state index is 0.649. The molecule has 1 aliphatic heterocycles. The molecular weight excluding hydrogens is 336 g/mol. The third-order valence-corrected chi connectivity index (χ3v) is 4.85. The normalized spacial score (nSPS) is 14.5. The van der Waals surface area contributed by atoms with Crippen LogP contribution in [0.25, 0.3) is 0 Å². The zero-order valence-electron chi connectivity index (χ0n) is 16.4. The molecule has 2 aromatic carbocycles. The van der Waals surface area contributed by atoms with Crippen molar-refractivity contribution in [3.63, 3.8) is 0 Å². The van der Waals surface area contributed by atoms with Crippen LogP contribution in [-0.4, -0.2) is 44.1 Å². The van der Waals surface area contributed by atoms with Crippen LogP contribution in [0.5, 0.6) is 5.75 Å². The first-order valence-electron chi connectivity index (χ1n) is 9.72. The summed E-state index contributed by atoms with van der Waals surface area (Å²) in [5.41, 5.74) is 4.13. The average Bonchev–Trinajstić information content (AvgIpc) is 2.72. The monoisotopic (exact) mass is 366 g/mol. The second kappa shape index (κ2) is 9.97. The molecule has 0 amide bonds. The molecule has 144 valence electrons. The minimum atomic E-state index is 0.649. The molecule has 5 nitrogen and oxygen atoms in total. The topological polar surface area (TPSA) is 48.9 Å². The minimum Gasteiger partial charge on any atom is -0.497 e. The Morgan fingerprint density at radius 1 is 1.07 bits per heavy atom. The number of rotatable bonds is 7. The van der Waals surface area contributed by atoms with Crippen LogP contribution in [0.4, 0.5) is 0 Å². The average molecular weight is 367 g/mol. The van der Waals surface area contributed by atoms with E-state index in [0.717, 1.165) is 50.9 Å². The number of hydrogen-bond donors (Lipinski definition) is 2. The predicted octanol–water partition coefficient (Wildman–Crippen LogP) is 2.81. The van der Waals surface area contributed by atoms with E-state index in [0.29, 0.717) is 6.54 Å². The second-order valence-electron chi connectivity index (χ2n) is 6.76. The molecule has 0 saturated carbocycles. The van der Waals surface area contributed by atoms with E-state index < -0.39 is 0 Å². The van der Waals surface area contributed by atoms with Crippen LogP contribution < -0.4 is 15.4 Å². The summed E-state index contributed by atoms with van der Waals surface area (Å²) in [6, 6.07) is 16.8. The van der Waals surface area contributed by atoms with Crippen LogP contribution in [0.15, 0.2) is 53.5 Å². The number of guanidine groups is 1. The van der Waals surface area contributed by atoms with E-state index in [4.69, 9.17) is 9.73 Å². The van der Waals surface area contributed by atoms with Crippen molar-refractivity contribution in [1.29, 1.82) is 0 Å². The Hall–Kier alpha value is -2.53. The van der Waals surface area contributed by atoms with E-state index in [9.17, 15) is 0 Å². The molecule has 0 atom stereocenters. The maximum Gasteiger partial charge on any atom is 0.191 e. The lowest BCUT2D eigenvalue weighted by molar-refractivity contribution is 0.258. The van der Waals surface area contributed by atoms with Crippen molar-refractivity contribution in [1.82, 2.24) is 15.5 Å². The molecule has 0 saturated heterocycles. The highest BCUT2D eigenvalue weighted by atomic mass is 16.5. The van der Waals surface area contributed by atoms with Gasteiger partial charge in [0, 0.05) is 32.7 Å². The SMILES string of the molecule is CCNC(=NCc1ccc(OC)cc1)NCCN1CCc2ccccc2C1. The third kappa shape index (κ3) is 5.73. The molecule has 0 bridgehead atoms. The molecule has 1 heterocycles. The molecule has 5 heteroatoms. The predicted molar refractivity (Wildman–Crippen MR) is 111 cm³/mol. The smallest absolute Gasteiger partial charge is 0.191 e. The number of fused-ring (bicyclic) bond motifs is 1. The second-order valence-corrected chi connectivity index (χ2v) is 6.76. The fraction of sp³-hybridized carbons (Fsp3) is 0.409. The van der Waals surface area contributed by atoms with Gasteiger partial charge in [-0.15, -0.1) is 0 Å². The molecule has 2 aromatic rings. The van der Waals surface area contributed by atoms with Gasteiger partial charge in [-0.05, 0) is 42.2 Å². The molecule has 1 aliphatic rings. The first-order chi connectivity index (χ1) is 13.3. The zero-order chi connectivity index (χ0) is 18.9. The maximum absolute atomic E-state index is 5.20. The van der Waals surface area contributed by atoms with E-state index in [1.54, 1.807) is 7.11 Å². The summed E-state index contributed by atoms with van der Waals surface area (Å²) < 4.78 is 5.20. The Morgan fingerprint density at radius 2 is 1.85 bits per heavy atom. The van der Waals surface area contributed by atoms with Gasteiger partial charge in [0.25, 0.3) is 0 Å². The van der Waals surface area contributed by atoms with Crippen molar-refractivity contribution in [2.75, 3.05) is 33.3 Å². The van der Waals surface area contributed by atoms with Crippen molar-refractivity contribution >= 4 is 5.96 Å². The van der Waals surface area contributed by atoms with Gasteiger partial charge >= 0.3 is 0 Å². The Bertz CT molecular complexity index is 742. The summed E-state index contributed by atoms with van der Waals surface area (Å²) in [6.45, 7) is 7.65. The molecule has 27 heavy (non-hydrogen) atoms. The molecule has 2 N–H and O–H groups in total. The van der Waals surface area contributed by atoms with Crippen LogP contribution >= 0.6 is 0 Å². The van der Waals surface area contributed by atoms with Crippen LogP contribution in [0.3, 0.4) is 0 Å². The fourth-order valence-corrected chi connectivity index (χ4v) is 3.32. The summed E-state index contributed by atoms with van der Waals surface area (Å²) in [6.07, 6.45) is 1.14. The number of benzene rings is 2. The van der Waals surface area contributed by atoms with Crippen molar-refractivity contribution in [2.24, 2.45) is 4.99 Å². The fourth-order valence-electron chi connectivity index (χ4n) is 3.32. The Kier molecular flexibility index (Phi) is 7.11. The molecular formula is C22H30N4O. The molecule has 3 rings (SSSR count). The van der Waals surface area contributed by atoms with Gasteiger partial charge in [0.15, 0.2) is 5.96 Å². The van der Waals surface area contributed by atoms with Gasteiger partial charge in [0.05, 0.1) is 13.7 Å². The zero-order valence-corrected chi connectivity index (χ0v) is 16.4. The van der Waals surface area contributed by atoms with E-state index >= 15 is 0 Å². The van der Waals surface area contributed by atoms with Crippen molar-refractivity contribution < 1.29 is 4.74 Å². The number of nitrogens with one attached hydrogen (secondary N) is 2. The first kappa shape index (κ1) is 19.2. The van der Waals surface area contributed by atoms with Gasteiger partial charge in [0.1, 0.15) is 5.75 Å². The summed E-state index contributed by atoms with van der Waals surface area (Å²) in [5, 5.41) is 6.78. The van der Waals surface area contributed by atoms with Crippen LogP contribution in [0.2, 0.25) is 0 Å². The van der Waals surface area contributed by atoms with E-state index in [-0.39, 0.29) is 0 Å². The number of ether oxygens (including phenoxy) is 1. The van der Waals surface area contributed by atoms with Gasteiger partial charge < -0.3 is 15.4 Å². The number of methoxy groups -OCH3 is 1. The van der Waals surface area contributed by atoms with E-state index in [2.05, 4.69) is 58.9 Å². The lowest BCUT2D eigenvalue weighted by Gasteiger charge is -2.28. The lowest BCUT2D eigenvalue weighted by atomic mass is 10.00. The quantitative estimate of drug-likeness (QED) is 0.584. The van der Waals surface area contributed by atoms with Crippen LogP contribution in [0, 0.1) is 0 Å². The molecule has 0 fully saturated rings. The molecule has 0 spiro atoms. The third-order valence-electron chi connectivity index (χ3n) is 4.85. The van der Waals surface area contributed by atoms with Crippen molar-refractivity contribution in [2.45, 2.75) is 26.4 Å². The highest BCUT2D eigenvalue weighted by Gasteiger charge is 2.15. The van der Waals surface area contributed by atoms with Gasteiger partial charge in [-0.2, -0.15) is 0 Å². The standard InChI is InChI=1S/C22H30N4O/c1-3-23-22(25-16-18-8-10-21(27-2)11-9-18)24-13-15-26-14-12-19-6-4-5-7-20(19)17-26/h4-11H,3,12-17H2,1-2H3,(H2,23,24,25). The number of nitrogens with zero attached hydrogens (tertiary/aromatic N) is 2. The van der Waals surface area contributed by atoms with Gasteiger partial charge in [0.2, 0.25) is 0 Å². The highest BCUT2D eigenvalue weighted by molar-refractivity contribution is 5.79. The first-order valence-corrected chi connectivity index (χ1v) is 9.72. The molecule has 0 aliphatic carbocycles. The van der Waals surface area contributed by atoms with Gasteiger partial charge in [-0.3, -0.25) is 4.90 Å². The molecule has 0 unspecified atom stereocenters. The number of aliphatic imine (C=N–C) groups is 1. The molecule has 0 aromatic heterocycles. The van der Waals surface area contributed by atoms with Crippen LogP contribution in [-0.2, 0) is 19.5 Å². The van der Waals surface area contributed by atoms with E-state index in [1.165, 1.54) is 16.7 Å². The Balaban J connectivity index is 1.48. The van der Waals surface area contributed by atoms with Crippen molar-refractivity contribution in [3.05, 3.63) is 65.2 Å². The Labute approximate surface area is 162 Å². The highest BCUT2D eigenvalue weighted by Crippen LogP contribution is 2.17. The van der Waals surface area contributed by atoms with Crippen molar-refractivity contribution in [3.8, 4) is 5.75 Å². The summed E-state index contributed by atoms with van der Waals surface area (Å²) >= 11 is 0. The molecule has 0 radical (unpaired) electrons.